The van der Waals surface area contributed by atoms with Crippen molar-refractivity contribution in [2.24, 2.45) is 0 Å². The van der Waals surface area contributed by atoms with Crippen LogP contribution in [0.5, 0.6) is 5.75 Å². The van der Waals surface area contributed by atoms with Crippen LogP contribution in [0.15, 0.2) is 24.3 Å². The summed E-state index contributed by atoms with van der Waals surface area (Å²) in [6, 6.07) is 7.80. The van der Waals surface area contributed by atoms with Crippen molar-refractivity contribution in [3.63, 3.8) is 0 Å². The number of nitrogens with one attached hydrogen (secondary N) is 2. The van der Waals surface area contributed by atoms with Crippen LogP contribution in [0, 0.1) is 0 Å². The van der Waals surface area contributed by atoms with E-state index in [0.717, 1.165) is 5.56 Å². The summed E-state index contributed by atoms with van der Waals surface area (Å²) in [6.45, 7) is 6.83. The first kappa shape index (κ1) is 16.5. The maximum Gasteiger partial charge on any atom is 0.217 e. The second-order valence-corrected chi connectivity index (χ2v) is 5.08. The zero-order chi connectivity index (χ0) is 15.0. The smallest absolute Gasteiger partial charge is 0.217 e. The minimum absolute atomic E-state index is 0.0499. The van der Waals surface area contributed by atoms with Crippen LogP contribution in [0.2, 0.25) is 0 Å². The van der Waals surface area contributed by atoms with Gasteiger partial charge in [0.2, 0.25) is 5.91 Å². The first-order valence-electron chi connectivity index (χ1n) is 6.85. The van der Waals surface area contributed by atoms with Crippen LogP contribution >= 0.6 is 0 Å². The molecule has 5 heteroatoms. The summed E-state index contributed by atoms with van der Waals surface area (Å²) in [5.41, 5.74) is 1.01. The minimum Gasteiger partial charge on any atom is -0.491 e. The quantitative estimate of drug-likeness (QED) is 0.666. The molecule has 20 heavy (non-hydrogen) atoms. The van der Waals surface area contributed by atoms with Crippen LogP contribution < -0.4 is 15.4 Å². The summed E-state index contributed by atoms with van der Waals surface area (Å²) in [6.07, 6.45) is -0.531. The van der Waals surface area contributed by atoms with Gasteiger partial charge >= 0.3 is 0 Å². The van der Waals surface area contributed by atoms with Gasteiger partial charge in [-0.25, -0.2) is 0 Å². The summed E-state index contributed by atoms with van der Waals surface area (Å²) >= 11 is 0. The van der Waals surface area contributed by atoms with Crippen molar-refractivity contribution in [3.8, 4) is 5.75 Å². The standard InChI is InChI=1S/C15H24N2O3/c1-11(2)16-9-14(19)10-20-15-6-4-13(5-7-15)8-17-12(3)18/h4-7,11,14,16,19H,8-10H2,1-3H3,(H,17,18)/t14-/m0/s1. The van der Waals surface area contributed by atoms with Gasteiger partial charge in [-0.05, 0) is 17.7 Å². The third-order valence-corrected chi connectivity index (χ3v) is 2.67. The molecule has 0 saturated carbocycles. The van der Waals surface area contributed by atoms with Crippen LogP contribution in [0.25, 0.3) is 0 Å². The van der Waals surface area contributed by atoms with Crippen molar-refractivity contribution in [2.75, 3.05) is 13.2 Å². The first-order valence-corrected chi connectivity index (χ1v) is 6.85. The predicted molar refractivity (Wildman–Crippen MR) is 78.6 cm³/mol. The van der Waals surface area contributed by atoms with Gasteiger partial charge in [-0.15, -0.1) is 0 Å². The normalized spacial score (nSPS) is 12.2. The van der Waals surface area contributed by atoms with E-state index in [-0.39, 0.29) is 12.5 Å². The Morgan fingerprint density at radius 3 is 2.50 bits per heavy atom. The van der Waals surface area contributed by atoms with Gasteiger partial charge < -0.3 is 20.5 Å². The number of ether oxygens (including phenoxy) is 1. The van der Waals surface area contributed by atoms with E-state index in [4.69, 9.17) is 4.74 Å². The Morgan fingerprint density at radius 1 is 1.30 bits per heavy atom. The number of carbonyl (C=O) groups is 1. The third-order valence-electron chi connectivity index (χ3n) is 2.67. The zero-order valence-electron chi connectivity index (χ0n) is 12.3. The highest BCUT2D eigenvalue weighted by molar-refractivity contribution is 5.72. The molecule has 0 spiro atoms. The number of rotatable bonds is 8. The lowest BCUT2D eigenvalue weighted by molar-refractivity contribution is -0.119. The van der Waals surface area contributed by atoms with Crippen LogP contribution in [0.1, 0.15) is 26.3 Å². The van der Waals surface area contributed by atoms with Crippen molar-refractivity contribution in [1.29, 1.82) is 0 Å². The molecule has 1 amide bonds. The molecule has 0 radical (unpaired) electrons. The fraction of sp³-hybridized carbons (Fsp3) is 0.533. The van der Waals surface area contributed by atoms with Gasteiger partial charge in [0.15, 0.2) is 0 Å². The molecule has 0 unspecified atom stereocenters. The van der Waals surface area contributed by atoms with Gasteiger partial charge in [0.25, 0.3) is 0 Å². The topological polar surface area (TPSA) is 70.6 Å². The van der Waals surface area contributed by atoms with Crippen LogP contribution in [-0.4, -0.2) is 36.3 Å². The highest BCUT2D eigenvalue weighted by atomic mass is 16.5. The molecule has 0 aliphatic heterocycles. The number of amides is 1. The van der Waals surface area contributed by atoms with Crippen LogP contribution in [0.3, 0.4) is 0 Å². The second kappa shape index (κ2) is 8.55. The molecular formula is C15H24N2O3. The van der Waals surface area contributed by atoms with Crippen molar-refractivity contribution >= 4 is 5.91 Å². The number of carbonyl (C=O) groups excluding carboxylic acids is 1. The Kier molecular flexibility index (Phi) is 7.04. The van der Waals surface area contributed by atoms with Gasteiger partial charge in [0.05, 0.1) is 0 Å². The van der Waals surface area contributed by atoms with Crippen molar-refractivity contribution in [3.05, 3.63) is 29.8 Å². The van der Waals surface area contributed by atoms with Crippen molar-refractivity contribution in [1.82, 2.24) is 10.6 Å². The number of aliphatic hydroxyl groups is 1. The highest BCUT2D eigenvalue weighted by Crippen LogP contribution is 2.12. The Labute approximate surface area is 120 Å². The average Bonchev–Trinajstić information content (AvgIpc) is 2.41. The molecule has 0 fully saturated rings. The average molecular weight is 280 g/mol. The fourth-order valence-electron chi connectivity index (χ4n) is 1.55. The summed E-state index contributed by atoms with van der Waals surface area (Å²) in [5, 5.41) is 15.6. The molecule has 1 rings (SSSR count). The summed E-state index contributed by atoms with van der Waals surface area (Å²) < 4.78 is 5.50. The van der Waals surface area contributed by atoms with Gasteiger partial charge in [-0.1, -0.05) is 26.0 Å². The second-order valence-electron chi connectivity index (χ2n) is 5.08. The van der Waals surface area contributed by atoms with E-state index in [1.54, 1.807) is 0 Å². The molecule has 1 atom stereocenters. The van der Waals surface area contributed by atoms with Crippen molar-refractivity contribution in [2.45, 2.75) is 39.5 Å². The molecule has 112 valence electrons. The molecule has 0 saturated heterocycles. The van der Waals surface area contributed by atoms with Gasteiger partial charge in [-0.3, -0.25) is 4.79 Å². The molecule has 1 aromatic carbocycles. The van der Waals surface area contributed by atoms with Crippen LogP contribution in [-0.2, 0) is 11.3 Å². The van der Waals surface area contributed by atoms with Gasteiger partial charge in [0.1, 0.15) is 18.5 Å². The van der Waals surface area contributed by atoms with E-state index in [1.165, 1.54) is 6.92 Å². The number of hydrogen-bond acceptors (Lipinski definition) is 4. The summed E-state index contributed by atoms with van der Waals surface area (Å²) in [5.74, 6) is 0.659. The molecule has 0 heterocycles. The Bertz CT molecular complexity index is 404. The summed E-state index contributed by atoms with van der Waals surface area (Å²) in [7, 11) is 0. The lowest BCUT2D eigenvalue weighted by atomic mass is 10.2. The SMILES string of the molecule is CC(=O)NCc1ccc(OC[C@@H](O)CNC(C)C)cc1. The maximum absolute atomic E-state index is 10.8. The van der Waals surface area contributed by atoms with Gasteiger partial charge in [-0.2, -0.15) is 0 Å². The number of benzene rings is 1. The number of hydrogen-bond donors (Lipinski definition) is 3. The van der Waals surface area contributed by atoms with Crippen molar-refractivity contribution < 1.29 is 14.6 Å². The largest absolute Gasteiger partial charge is 0.491 e. The predicted octanol–water partition coefficient (Wildman–Crippen LogP) is 1.06. The summed E-state index contributed by atoms with van der Waals surface area (Å²) in [4.78, 5) is 10.8. The maximum atomic E-state index is 10.8. The monoisotopic (exact) mass is 280 g/mol. The van der Waals surface area contributed by atoms with Gasteiger partial charge in [0, 0.05) is 26.1 Å². The number of aliphatic hydroxyl groups excluding tert-OH is 1. The van der Waals surface area contributed by atoms with E-state index < -0.39 is 6.10 Å². The molecule has 0 aliphatic rings. The van der Waals surface area contributed by atoms with E-state index in [2.05, 4.69) is 10.6 Å². The van der Waals surface area contributed by atoms with E-state index in [9.17, 15) is 9.90 Å². The molecule has 0 aromatic heterocycles. The minimum atomic E-state index is -0.531. The molecule has 5 nitrogen and oxygen atoms in total. The molecule has 0 aliphatic carbocycles. The third kappa shape index (κ3) is 7.11. The zero-order valence-corrected chi connectivity index (χ0v) is 12.3. The van der Waals surface area contributed by atoms with Crippen LogP contribution in [0.4, 0.5) is 0 Å². The molecule has 1 aromatic rings. The lowest BCUT2D eigenvalue weighted by Gasteiger charge is -2.15. The first-order chi connectivity index (χ1) is 9.47. The Morgan fingerprint density at radius 2 is 1.95 bits per heavy atom. The fourth-order valence-corrected chi connectivity index (χ4v) is 1.55. The Balaban J connectivity index is 2.32. The molecular weight excluding hydrogens is 256 g/mol. The molecule has 0 bridgehead atoms. The Hall–Kier alpha value is -1.59. The van der Waals surface area contributed by atoms with E-state index >= 15 is 0 Å². The lowest BCUT2D eigenvalue weighted by Crippen LogP contribution is -2.35. The van der Waals surface area contributed by atoms with E-state index in [0.29, 0.717) is 24.9 Å². The molecule has 3 N–H and O–H groups in total. The highest BCUT2D eigenvalue weighted by Gasteiger charge is 2.06. The van der Waals surface area contributed by atoms with E-state index in [1.807, 2.05) is 38.1 Å².